The molecule has 0 bridgehead atoms. The predicted octanol–water partition coefficient (Wildman–Crippen LogP) is 4.75. The van der Waals surface area contributed by atoms with Crippen LogP contribution in [0.5, 0.6) is 0 Å². The lowest BCUT2D eigenvalue weighted by Gasteiger charge is -2.18. The third-order valence-corrected chi connectivity index (χ3v) is 4.28. The zero-order chi connectivity index (χ0) is 14.7. The van der Waals surface area contributed by atoms with Crippen LogP contribution in [-0.2, 0) is 6.42 Å². The predicted molar refractivity (Wildman–Crippen MR) is 87.0 cm³/mol. The normalized spacial score (nSPS) is 12.4. The first-order valence-corrected chi connectivity index (χ1v) is 7.82. The van der Waals surface area contributed by atoms with Crippen molar-refractivity contribution in [2.75, 3.05) is 0 Å². The smallest absolute Gasteiger partial charge is 0.126 e. The van der Waals surface area contributed by atoms with E-state index in [0.717, 1.165) is 14.5 Å². The van der Waals surface area contributed by atoms with Crippen LogP contribution in [0.3, 0.4) is 0 Å². The van der Waals surface area contributed by atoms with Crippen molar-refractivity contribution in [1.29, 1.82) is 0 Å². The molecule has 0 aliphatic carbocycles. The van der Waals surface area contributed by atoms with Crippen LogP contribution in [0.2, 0.25) is 5.02 Å². The number of nitrogens with two attached hydrogens (primary N) is 1. The summed E-state index contributed by atoms with van der Waals surface area (Å²) >= 11 is 12.9. The Kier molecular flexibility index (Phi) is 5.57. The molecule has 106 valence electrons. The minimum absolute atomic E-state index is 0.262. The van der Waals surface area contributed by atoms with E-state index in [4.69, 9.17) is 17.4 Å². The van der Waals surface area contributed by atoms with E-state index in [9.17, 15) is 4.39 Å². The van der Waals surface area contributed by atoms with Crippen molar-refractivity contribution in [3.63, 3.8) is 0 Å². The summed E-state index contributed by atoms with van der Waals surface area (Å²) in [6.45, 7) is 0. The zero-order valence-electron chi connectivity index (χ0n) is 10.3. The fourth-order valence-electron chi connectivity index (χ4n) is 1.96. The van der Waals surface area contributed by atoms with Gasteiger partial charge >= 0.3 is 0 Å². The Morgan fingerprint density at radius 2 is 1.80 bits per heavy atom. The lowest BCUT2D eigenvalue weighted by Crippen LogP contribution is -2.30. The standard InChI is InChI=1S/C14H12Br2ClFN2/c15-9-2-4-13(18)8(5-9)6-14(20-19)11-3-1-10(16)7-12(11)17/h1-5,7,14,20H,6,19H2. The lowest BCUT2D eigenvalue weighted by molar-refractivity contribution is 0.529. The summed E-state index contributed by atoms with van der Waals surface area (Å²) in [5.41, 5.74) is 4.09. The van der Waals surface area contributed by atoms with Gasteiger partial charge in [0.1, 0.15) is 5.82 Å². The summed E-state index contributed by atoms with van der Waals surface area (Å²) < 4.78 is 15.5. The van der Waals surface area contributed by atoms with Gasteiger partial charge in [-0.1, -0.05) is 49.5 Å². The van der Waals surface area contributed by atoms with Gasteiger partial charge in [-0.15, -0.1) is 0 Å². The first kappa shape index (κ1) is 15.9. The Hall–Kier alpha value is -0.460. The van der Waals surface area contributed by atoms with Gasteiger partial charge in [0.25, 0.3) is 0 Å². The van der Waals surface area contributed by atoms with Gasteiger partial charge in [0.15, 0.2) is 0 Å². The van der Waals surface area contributed by atoms with Crippen molar-refractivity contribution in [2.45, 2.75) is 12.5 Å². The Morgan fingerprint density at radius 1 is 1.15 bits per heavy atom. The van der Waals surface area contributed by atoms with Crippen LogP contribution >= 0.6 is 43.5 Å². The fourth-order valence-corrected chi connectivity index (χ4v) is 3.18. The molecule has 2 aromatic carbocycles. The molecule has 0 aliphatic rings. The number of hydrazine groups is 1. The van der Waals surface area contributed by atoms with Crippen molar-refractivity contribution in [2.24, 2.45) is 5.84 Å². The molecule has 2 rings (SSSR count). The Labute approximate surface area is 138 Å². The second-order valence-electron chi connectivity index (χ2n) is 4.32. The van der Waals surface area contributed by atoms with Crippen LogP contribution in [0.15, 0.2) is 45.3 Å². The molecule has 1 atom stereocenters. The van der Waals surface area contributed by atoms with Gasteiger partial charge in [-0.05, 0) is 47.9 Å². The van der Waals surface area contributed by atoms with Gasteiger partial charge in [0.05, 0.1) is 6.04 Å². The average Bonchev–Trinajstić information content (AvgIpc) is 2.40. The van der Waals surface area contributed by atoms with Crippen molar-refractivity contribution >= 4 is 43.5 Å². The maximum absolute atomic E-state index is 13.8. The Balaban J connectivity index is 2.31. The molecule has 0 fully saturated rings. The summed E-state index contributed by atoms with van der Waals surface area (Å²) in [7, 11) is 0. The highest BCUT2D eigenvalue weighted by Gasteiger charge is 2.16. The molecule has 0 radical (unpaired) electrons. The molecule has 6 heteroatoms. The Bertz CT molecular complexity index is 622. The topological polar surface area (TPSA) is 38.0 Å². The quantitative estimate of drug-likeness (QED) is 0.551. The largest absolute Gasteiger partial charge is 0.271 e. The van der Waals surface area contributed by atoms with Crippen LogP contribution in [-0.4, -0.2) is 0 Å². The monoisotopic (exact) mass is 420 g/mol. The Morgan fingerprint density at radius 3 is 2.45 bits per heavy atom. The third kappa shape index (κ3) is 3.80. The van der Waals surface area contributed by atoms with Crippen LogP contribution in [0.4, 0.5) is 4.39 Å². The van der Waals surface area contributed by atoms with E-state index in [1.165, 1.54) is 6.07 Å². The fraction of sp³-hybridized carbons (Fsp3) is 0.143. The molecule has 0 spiro atoms. The highest BCUT2D eigenvalue weighted by molar-refractivity contribution is 9.10. The molecule has 20 heavy (non-hydrogen) atoms. The molecule has 0 aromatic heterocycles. The van der Waals surface area contributed by atoms with E-state index in [-0.39, 0.29) is 11.9 Å². The molecule has 2 aromatic rings. The molecule has 3 N–H and O–H groups in total. The maximum atomic E-state index is 13.8. The first-order chi connectivity index (χ1) is 9.51. The number of benzene rings is 2. The van der Waals surface area contributed by atoms with E-state index < -0.39 is 0 Å². The average molecular weight is 423 g/mol. The molecule has 0 heterocycles. The van der Waals surface area contributed by atoms with Crippen molar-refractivity contribution < 1.29 is 4.39 Å². The number of hydrogen-bond acceptors (Lipinski definition) is 2. The summed E-state index contributed by atoms with van der Waals surface area (Å²) in [5.74, 6) is 5.33. The first-order valence-electron chi connectivity index (χ1n) is 5.86. The van der Waals surface area contributed by atoms with Gasteiger partial charge in [0.2, 0.25) is 0 Å². The van der Waals surface area contributed by atoms with Gasteiger partial charge < -0.3 is 0 Å². The molecule has 1 unspecified atom stereocenters. The van der Waals surface area contributed by atoms with E-state index in [2.05, 4.69) is 37.3 Å². The minimum atomic E-state index is -0.264. The maximum Gasteiger partial charge on any atom is 0.126 e. The molecule has 0 saturated carbocycles. The molecular formula is C14H12Br2ClFN2. The van der Waals surface area contributed by atoms with E-state index in [1.54, 1.807) is 18.2 Å². The molecule has 0 amide bonds. The highest BCUT2D eigenvalue weighted by atomic mass is 79.9. The van der Waals surface area contributed by atoms with Gasteiger partial charge in [-0.3, -0.25) is 11.3 Å². The second-order valence-corrected chi connectivity index (χ2v) is 6.56. The number of rotatable bonds is 4. The number of nitrogens with one attached hydrogen (secondary N) is 1. The van der Waals surface area contributed by atoms with Crippen LogP contribution in [0, 0.1) is 5.82 Å². The van der Waals surface area contributed by atoms with E-state index in [1.807, 2.05) is 12.1 Å². The van der Waals surface area contributed by atoms with Gasteiger partial charge in [-0.2, -0.15) is 0 Å². The number of hydrogen-bond donors (Lipinski definition) is 2. The molecule has 2 nitrogen and oxygen atoms in total. The lowest BCUT2D eigenvalue weighted by atomic mass is 9.99. The van der Waals surface area contributed by atoms with E-state index >= 15 is 0 Å². The van der Waals surface area contributed by atoms with Crippen molar-refractivity contribution in [3.8, 4) is 0 Å². The van der Waals surface area contributed by atoms with E-state index in [0.29, 0.717) is 17.0 Å². The van der Waals surface area contributed by atoms with Crippen molar-refractivity contribution in [1.82, 2.24) is 5.43 Å². The minimum Gasteiger partial charge on any atom is -0.271 e. The van der Waals surface area contributed by atoms with Crippen LogP contribution in [0.25, 0.3) is 0 Å². The molecule has 0 aliphatic heterocycles. The highest BCUT2D eigenvalue weighted by Crippen LogP contribution is 2.29. The van der Waals surface area contributed by atoms with Gasteiger partial charge in [0, 0.05) is 14.0 Å². The van der Waals surface area contributed by atoms with Gasteiger partial charge in [-0.25, -0.2) is 4.39 Å². The van der Waals surface area contributed by atoms with Crippen molar-refractivity contribution in [3.05, 3.63) is 67.3 Å². The third-order valence-electron chi connectivity index (χ3n) is 2.97. The summed E-state index contributed by atoms with van der Waals surface area (Å²) in [6, 6.07) is 10.1. The molecule has 0 saturated heterocycles. The summed E-state index contributed by atoms with van der Waals surface area (Å²) in [4.78, 5) is 0. The second kappa shape index (κ2) is 7.00. The number of halogens is 4. The zero-order valence-corrected chi connectivity index (χ0v) is 14.3. The summed E-state index contributed by atoms with van der Waals surface area (Å²) in [6.07, 6.45) is 0.406. The van der Waals surface area contributed by atoms with Crippen LogP contribution in [0.1, 0.15) is 17.2 Å². The SMILES string of the molecule is NNC(Cc1cc(Br)ccc1F)c1ccc(Br)cc1Cl. The van der Waals surface area contributed by atoms with Crippen LogP contribution < -0.4 is 11.3 Å². The molecular weight excluding hydrogens is 410 g/mol. The summed E-state index contributed by atoms with van der Waals surface area (Å²) in [5, 5.41) is 0.581.